The first-order chi connectivity index (χ1) is 30.5. The van der Waals surface area contributed by atoms with Crippen molar-refractivity contribution in [2.75, 3.05) is 40.9 Å². The lowest BCUT2D eigenvalue weighted by molar-refractivity contribution is -0.870. The first kappa shape index (κ1) is 62.2. The van der Waals surface area contributed by atoms with Crippen LogP contribution in [-0.2, 0) is 18.4 Å². The lowest BCUT2D eigenvalue weighted by Gasteiger charge is -2.25. The standard InChI is InChI=1S/C54H109N2O6P/c1-6-8-10-12-14-16-18-20-22-24-26-27-28-30-32-34-36-38-40-42-44-46-48-54(58)55-52(51-62-63(59,60)61-50-49-56(3,4)5)53(57)47-45-43-41-39-37-35-33-31-29-25-23-21-19-17-15-13-11-9-7-2/h45,47,52-53,57H,6-44,46,48-51H2,1-5H3,(H-,55,58,59,60)/p+1/b47-45+. The van der Waals surface area contributed by atoms with Gasteiger partial charge in [0.25, 0.3) is 0 Å². The maximum absolute atomic E-state index is 13.0. The molecular weight excluding hydrogens is 804 g/mol. The fourth-order valence-electron chi connectivity index (χ4n) is 8.40. The lowest BCUT2D eigenvalue weighted by atomic mass is 10.0. The van der Waals surface area contributed by atoms with Crippen molar-refractivity contribution in [3.8, 4) is 0 Å². The Balaban J connectivity index is 4.22. The Morgan fingerprint density at radius 1 is 0.524 bits per heavy atom. The smallest absolute Gasteiger partial charge is 0.387 e. The number of amides is 1. The Labute approximate surface area is 392 Å². The Bertz CT molecular complexity index is 1040. The summed E-state index contributed by atoms with van der Waals surface area (Å²) >= 11 is 0. The molecule has 0 aliphatic carbocycles. The molecule has 0 rings (SSSR count). The number of nitrogens with one attached hydrogen (secondary N) is 1. The van der Waals surface area contributed by atoms with Crippen LogP contribution in [0.4, 0.5) is 0 Å². The number of allylic oxidation sites excluding steroid dienone is 1. The second kappa shape index (κ2) is 46.4. The number of quaternary nitrogens is 1. The fourth-order valence-corrected chi connectivity index (χ4v) is 9.13. The zero-order chi connectivity index (χ0) is 46.4. The highest BCUT2D eigenvalue weighted by Gasteiger charge is 2.27. The molecular formula is C54H110N2O6P+. The van der Waals surface area contributed by atoms with Crippen LogP contribution in [-0.4, -0.2) is 73.4 Å². The van der Waals surface area contributed by atoms with E-state index in [1.807, 2.05) is 27.2 Å². The summed E-state index contributed by atoms with van der Waals surface area (Å²) in [5.74, 6) is -0.170. The van der Waals surface area contributed by atoms with E-state index < -0.39 is 20.0 Å². The van der Waals surface area contributed by atoms with Crippen LogP contribution in [0.2, 0.25) is 0 Å². The van der Waals surface area contributed by atoms with E-state index in [0.717, 1.165) is 32.1 Å². The maximum atomic E-state index is 13.0. The zero-order valence-corrected chi connectivity index (χ0v) is 43.7. The van der Waals surface area contributed by atoms with E-state index in [1.54, 1.807) is 6.08 Å². The van der Waals surface area contributed by atoms with Crippen LogP contribution >= 0.6 is 7.82 Å². The molecule has 0 aromatic rings. The first-order valence-corrected chi connectivity index (χ1v) is 29.1. The highest BCUT2D eigenvalue weighted by Crippen LogP contribution is 2.43. The van der Waals surface area contributed by atoms with Gasteiger partial charge >= 0.3 is 7.82 Å². The fraction of sp³-hybridized carbons (Fsp3) is 0.944. The summed E-state index contributed by atoms with van der Waals surface area (Å²) in [7, 11) is 1.59. The van der Waals surface area contributed by atoms with E-state index in [4.69, 9.17) is 9.05 Å². The van der Waals surface area contributed by atoms with E-state index in [-0.39, 0.29) is 19.1 Å². The summed E-state index contributed by atoms with van der Waals surface area (Å²) in [5.41, 5.74) is 0. The molecule has 0 radical (unpaired) electrons. The van der Waals surface area contributed by atoms with E-state index in [9.17, 15) is 19.4 Å². The highest BCUT2D eigenvalue weighted by molar-refractivity contribution is 7.47. The van der Waals surface area contributed by atoms with Crippen molar-refractivity contribution in [3.05, 3.63) is 12.2 Å². The predicted octanol–water partition coefficient (Wildman–Crippen LogP) is 16.3. The quantitative estimate of drug-likeness (QED) is 0.0243. The molecule has 376 valence electrons. The number of aliphatic hydroxyl groups excluding tert-OH is 1. The number of hydrogen-bond acceptors (Lipinski definition) is 5. The lowest BCUT2D eigenvalue weighted by Crippen LogP contribution is -2.45. The Morgan fingerprint density at radius 2 is 0.841 bits per heavy atom. The third-order valence-electron chi connectivity index (χ3n) is 12.8. The van der Waals surface area contributed by atoms with Gasteiger partial charge in [-0.2, -0.15) is 0 Å². The Kier molecular flexibility index (Phi) is 45.8. The number of hydrogen-bond donors (Lipinski definition) is 3. The summed E-state index contributed by atoms with van der Waals surface area (Å²) < 4.78 is 23.7. The molecule has 1 amide bonds. The van der Waals surface area contributed by atoms with Crippen LogP contribution in [0.3, 0.4) is 0 Å². The molecule has 0 aliphatic heterocycles. The monoisotopic (exact) mass is 914 g/mol. The minimum absolute atomic E-state index is 0.0651. The van der Waals surface area contributed by atoms with Crippen LogP contribution in [0.15, 0.2) is 12.2 Å². The number of aliphatic hydroxyl groups is 1. The summed E-state index contributed by atoms with van der Waals surface area (Å²) in [5, 5.41) is 13.9. The summed E-state index contributed by atoms with van der Waals surface area (Å²) in [4.78, 5) is 23.3. The Morgan fingerprint density at radius 3 is 1.17 bits per heavy atom. The van der Waals surface area contributed by atoms with Crippen molar-refractivity contribution in [1.82, 2.24) is 5.32 Å². The molecule has 3 atom stereocenters. The molecule has 0 fully saturated rings. The summed E-state index contributed by atoms with van der Waals surface area (Å²) in [6.07, 6.45) is 55.8. The van der Waals surface area contributed by atoms with Crippen molar-refractivity contribution in [2.24, 2.45) is 0 Å². The molecule has 0 aromatic heterocycles. The molecule has 0 saturated carbocycles. The van der Waals surface area contributed by atoms with E-state index in [1.165, 1.54) is 225 Å². The van der Waals surface area contributed by atoms with Crippen molar-refractivity contribution in [1.29, 1.82) is 0 Å². The van der Waals surface area contributed by atoms with Gasteiger partial charge in [-0.15, -0.1) is 0 Å². The maximum Gasteiger partial charge on any atom is 0.472 e. The van der Waals surface area contributed by atoms with E-state index in [0.29, 0.717) is 17.4 Å². The van der Waals surface area contributed by atoms with Crippen LogP contribution in [0.5, 0.6) is 0 Å². The molecule has 0 spiro atoms. The molecule has 3 unspecified atom stereocenters. The van der Waals surface area contributed by atoms with Gasteiger partial charge in [-0.3, -0.25) is 13.8 Å². The number of unbranched alkanes of at least 4 members (excludes halogenated alkanes) is 38. The number of rotatable bonds is 51. The van der Waals surface area contributed by atoms with Gasteiger partial charge in [0.05, 0.1) is 39.9 Å². The predicted molar refractivity (Wildman–Crippen MR) is 272 cm³/mol. The van der Waals surface area contributed by atoms with Crippen LogP contribution < -0.4 is 5.32 Å². The molecule has 0 heterocycles. The van der Waals surface area contributed by atoms with Gasteiger partial charge in [-0.25, -0.2) is 4.57 Å². The average Bonchev–Trinajstić information content (AvgIpc) is 3.24. The van der Waals surface area contributed by atoms with E-state index >= 15 is 0 Å². The number of nitrogens with zero attached hydrogens (tertiary/aromatic N) is 1. The van der Waals surface area contributed by atoms with Gasteiger partial charge in [0.15, 0.2) is 0 Å². The van der Waals surface area contributed by atoms with Gasteiger partial charge in [-0.1, -0.05) is 264 Å². The van der Waals surface area contributed by atoms with Crippen molar-refractivity contribution in [2.45, 2.75) is 289 Å². The van der Waals surface area contributed by atoms with Crippen molar-refractivity contribution in [3.63, 3.8) is 0 Å². The molecule has 9 heteroatoms. The van der Waals surface area contributed by atoms with Gasteiger partial charge in [-0.05, 0) is 19.3 Å². The Hall–Kier alpha value is -0.760. The summed E-state index contributed by atoms with van der Waals surface area (Å²) in [6, 6.07) is -0.841. The van der Waals surface area contributed by atoms with E-state index in [2.05, 4.69) is 19.2 Å². The van der Waals surface area contributed by atoms with Gasteiger partial charge in [0, 0.05) is 6.42 Å². The highest BCUT2D eigenvalue weighted by atomic mass is 31.2. The molecule has 8 nitrogen and oxygen atoms in total. The topological polar surface area (TPSA) is 105 Å². The minimum Gasteiger partial charge on any atom is -0.387 e. The van der Waals surface area contributed by atoms with Crippen LogP contribution in [0.25, 0.3) is 0 Å². The largest absolute Gasteiger partial charge is 0.472 e. The van der Waals surface area contributed by atoms with Gasteiger partial charge in [0.1, 0.15) is 13.2 Å². The first-order valence-electron chi connectivity index (χ1n) is 27.6. The third kappa shape index (κ3) is 49.0. The second-order valence-electron chi connectivity index (χ2n) is 20.3. The zero-order valence-electron chi connectivity index (χ0n) is 42.8. The van der Waals surface area contributed by atoms with Crippen LogP contribution in [0.1, 0.15) is 277 Å². The van der Waals surface area contributed by atoms with Gasteiger partial charge < -0.3 is 19.8 Å². The SMILES string of the molecule is CCCCCCCCCCCCCCCCCCC/C=C/C(O)C(COP(=O)(O)OCC[N+](C)(C)C)NC(=O)CCCCCCCCCCCCCCCCCCCCCCCC. The molecule has 63 heavy (non-hydrogen) atoms. The number of carbonyl (C=O) groups excluding carboxylic acids is 1. The average molecular weight is 914 g/mol. The van der Waals surface area contributed by atoms with Crippen molar-refractivity contribution >= 4 is 13.7 Å². The number of phosphoric ester groups is 1. The minimum atomic E-state index is -4.34. The molecule has 0 aliphatic rings. The second-order valence-corrected chi connectivity index (χ2v) is 21.8. The molecule has 3 N–H and O–H groups in total. The van der Waals surface area contributed by atoms with Crippen molar-refractivity contribution < 1.29 is 32.9 Å². The number of likely N-dealkylation sites (N-methyl/N-ethyl adjacent to an activating group) is 1. The third-order valence-corrected chi connectivity index (χ3v) is 13.7. The number of phosphoric acid groups is 1. The van der Waals surface area contributed by atoms with Crippen LogP contribution in [0, 0.1) is 0 Å². The molecule has 0 bridgehead atoms. The molecule has 0 saturated heterocycles. The molecule has 0 aromatic carbocycles. The van der Waals surface area contributed by atoms with Gasteiger partial charge in [0.2, 0.25) is 5.91 Å². The summed E-state index contributed by atoms with van der Waals surface area (Å²) in [6.45, 7) is 4.86. The number of carbonyl (C=O) groups is 1. The normalized spacial score (nSPS) is 14.1.